The normalized spacial score (nSPS) is 11.5. The van der Waals surface area contributed by atoms with Crippen LogP contribution in [-0.2, 0) is 10.2 Å². The molecule has 3 nitrogen and oxygen atoms in total. The molecule has 0 aromatic carbocycles. The third-order valence-corrected chi connectivity index (χ3v) is 2.17. The minimum Gasteiger partial charge on any atom is -0.481 e. The Morgan fingerprint density at radius 2 is 2.36 bits per heavy atom. The fourth-order valence-corrected chi connectivity index (χ4v) is 1.30. The monoisotopic (exact) mass is 171 g/mol. The van der Waals surface area contributed by atoms with Crippen LogP contribution in [-0.4, -0.2) is 15.4 Å². The van der Waals surface area contributed by atoms with Crippen LogP contribution in [0.15, 0.2) is 11.4 Å². The molecule has 0 bridgehead atoms. The second-order valence-corrected chi connectivity index (χ2v) is 3.48. The molecule has 0 saturated heterocycles. The Morgan fingerprint density at radius 3 is 2.73 bits per heavy atom. The summed E-state index contributed by atoms with van der Waals surface area (Å²) >= 11 is 1.27. The van der Waals surface area contributed by atoms with Crippen LogP contribution in [0.1, 0.15) is 19.5 Å². The summed E-state index contributed by atoms with van der Waals surface area (Å²) in [6, 6.07) is 1.73. The van der Waals surface area contributed by atoms with Crippen LogP contribution < -0.4 is 0 Å². The van der Waals surface area contributed by atoms with E-state index in [9.17, 15) is 4.79 Å². The van der Waals surface area contributed by atoms with E-state index in [1.807, 2.05) is 0 Å². The summed E-state index contributed by atoms with van der Waals surface area (Å²) in [6.45, 7) is 3.29. The van der Waals surface area contributed by atoms with Gasteiger partial charge in [0.05, 0.1) is 5.69 Å². The van der Waals surface area contributed by atoms with Crippen LogP contribution >= 0.6 is 11.5 Å². The van der Waals surface area contributed by atoms with Gasteiger partial charge in [0.2, 0.25) is 0 Å². The lowest BCUT2D eigenvalue weighted by atomic mass is 9.90. The second kappa shape index (κ2) is 2.62. The molecule has 0 unspecified atom stereocenters. The van der Waals surface area contributed by atoms with Crippen molar-refractivity contribution in [2.45, 2.75) is 19.3 Å². The van der Waals surface area contributed by atoms with E-state index >= 15 is 0 Å². The summed E-state index contributed by atoms with van der Waals surface area (Å²) in [4.78, 5) is 10.7. The van der Waals surface area contributed by atoms with Crippen molar-refractivity contribution in [1.82, 2.24) is 4.37 Å². The molecule has 0 radical (unpaired) electrons. The summed E-state index contributed by atoms with van der Waals surface area (Å²) in [7, 11) is 0. The number of carboxylic acid groups (broad SMARTS) is 1. The van der Waals surface area contributed by atoms with E-state index in [0.717, 1.165) is 0 Å². The van der Waals surface area contributed by atoms with Crippen molar-refractivity contribution in [3.63, 3.8) is 0 Å². The average Bonchev–Trinajstić information content (AvgIpc) is 2.37. The lowest BCUT2D eigenvalue weighted by Gasteiger charge is -2.15. The fraction of sp³-hybridized carbons (Fsp3) is 0.429. The van der Waals surface area contributed by atoms with Crippen molar-refractivity contribution in [2.24, 2.45) is 0 Å². The number of aromatic nitrogens is 1. The van der Waals surface area contributed by atoms with E-state index in [1.165, 1.54) is 11.5 Å². The number of hydrogen-bond donors (Lipinski definition) is 1. The molecule has 0 atom stereocenters. The number of carboxylic acids is 1. The molecule has 11 heavy (non-hydrogen) atoms. The van der Waals surface area contributed by atoms with Gasteiger partial charge in [-0.15, -0.1) is 0 Å². The zero-order valence-electron chi connectivity index (χ0n) is 6.37. The Balaban J connectivity index is 3.00. The molecule has 1 heterocycles. The quantitative estimate of drug-likeness (QED) is 0.733. The van der Waals surface area contributed by atoms with Crippen molar-refractivity contribution in [3.05, 3.63) is 17.1 Å². The maximum Gasteiger partial charge on any atom is 0.315 e. The summed E-state index contributed by atoms with van der Waals surface area (Å²) in [5.74, 6) is -0.844. The molecule has 0 amide bonds. The molecule has 0 aliphatic rings. The number of aliphatic carboxylic acids is 1. The van der Waals surface area contributed by atoms with Gasteiger partial charge >= 0.3 is 5.97 Å². The third kappa shape index (κ3) is 1.40. The van der Waals surface area contributed by atoms with Gasteiger partial charge in [-0.05, 0) is 31.4 Å². The minimum absolute atomic E-state index is 0.620. The first-order valence-electron chi connectivity index (χ1n) is 3.19. The molecule has 1 rings (SSSR count). The van der Waals surface area contributed by atoms with Gasteiger partial charge in [-0.25, -0.2) is 0 Å². The van der Waals surface area contributed by atoms with Crippen molar-refractivity contribution >= 4 is 17.5 Å². The van der Waals surface area contributed by atoms with Crippen molar-refractivity contribution in [1.29, 1.82) is 0 Å². The van der Waals surface area contributed by atoms with Gasteiger partial charge in [0.15, 0.2) is 0 Å². The van der Waals surface area contributed by atoms with Gasteiger partial charge in [0.25, 0.3) is 0 Å². The standard InChI is InChI=1S/C7H9NO2S/c1-7(2,6(9)10)5-3-4-11-8-5/h3-4H,1-2H3,(H,9,10). The van der Waals surface area contributed by atoms with Gasteiger partial charge in [0.1, 0.15) is 5.41 Å². The predicted molar refractivity (Wildman–Crippen MR) is 42.8 cm³/mol. The van der Waals surface area contributed by atoms with Gasteiger partial charge in [-0.1, -0.05) is 0 Å². The molecular formula is C7H9NO2S. The van der Waals surface area contributed by atoms with Crippen LogP contribution in [0.3, 0.4) is 0 Å². The van der Waals surface area contributed by atoms with Crippen molar-refractivity contribution < 1.29 is 9.90 Å². The highest BCUT2D eigenvalue weighted by molar-refractivity contribution is 7.03. The highest BCUT2D eigenvalue weighted by Gasteiger charge is 2.31. The van der Waals surface area contributed by atoms with Gasteiger partial charge in [0, 0.05) is 5.38 Å². The van der Waals surface area contributed by atoms with E-state index in [2.05, 4.69) is 4.37 Å². The molecule has 60 valence electrons. The van der Waals surface area contributed by atoms with E-state index in [1.54, 1.807) is 25.3 Å². The molecule has 1 N–H and O–H groups in total. The molecule has 0 spiro atoms. The van der Waals surface area contributed by atoms with Crippen LogP contribution in [0.4, 0.5) is 0 Å². The predicted octanol–water partition coefficient (Wildman–Crippen LogP) is 1.51. The zero-order valence-corrected chi connectivity index (χ0v) is 7.18. The molecule has 0 saturated carbocycles. The van der Waals surface area contributed by atoms with Crippen LogP contribution in [0, 0.1) is 0 Å². The highest BCUT2D eigenvalue weighted by atomic mass is 32.1. The first-order valence-corrected chi connectivity index (χ1v) is 4.03. The maximum atomic E-state index is 10.7. The molecule has 1 aromatic rings. The first kappa shape index (κ1) is 8.20. The molecule has 4 heteroatoms. The van der Waals surface area contributed by atoms with E-state index in [-0.39, 0.29) is 0 Å². The van der Waals surface area contributed by atoms with Crippen molar-refractivity contribution in [3.8, 4) is 0 Å². The summed E-state index contributed by atoms with van der Waals surface area (Å²) < 4.78 is 3.97. The third-order valence-electron chi connectivity index (χ3n) is 1.61. The van der Waals surface area contributed by atoms with Gasteiger partial charge < -0.3 is 5.11 Å². The summed E-state index contributed by atoms with van der Waals surface area (Å²) in [5, 5.41) is 10.6. The van der Waals surface area contributed by atoms with Crippen LogP contribution in [0.25, 0.3) is 0 Å². The van der Waals surface area contributed by atoms with E-state index < -0.39 is 11.4 Å². The molecule has 0 fully saturated rings. The SMILES string of the molecule is CC(C)(C(=O)O)c1ccsn1. The van der Waals surface area contributed by atoms with Crippen molar-refractivity contribution in [2.75, 3.05) is 0 Å². The molecule has 0 aliphatic heterocycles. The fourth-order valence-electron chi connectivity index (χ4n) is 0.645. The van der Waals surface area contributed by atoms with E-state index in [0.29, 0.717) is 5.69 Å². The first-order chi connectivity index (χ1) is 5.05. The number of rotatable bonds is 2. The smallest absolute Gasteiger partial charge is 0.315 e. The Bertz CT molecular complexity index is 253. The Hall–Kier alpha value is -0.900. The lowest BCUT2D eigenvalue weighted by Crippen LogP contribution is -2.28. The molecular weight excluding hydrogens is 162 g/mol. The number of hydrogen-bond acceptors (Lipinski definition) is 3. The molecule has 0 aliphatic carbocycles. The number of carbonyl (C=O) groups is 1. The van der Waals surface area contributed by atoms with Gasteiger partial charge in [-0.2, -0.15) is 4.37 Å². The van der Waals surface area contributed by atoms with Gasteiger partial charge in [-0.3, -0.25) is 4.79 Å². The lowest BCUT2D eigenvalue weighted by molar-refractivity contribution is -0.142. The molecule has 1 aromatic heterocycles. The largest absolute Gasteiger partial charge is 0.481 e. The van der Waals surface area contributed by atoms with E-state index in [4.69, 9.17) is 5.11 Å². The average molecular weight is 171 g/mol. The maximum absolute atomic E-state index is 10.7. The summed E-state index contributed by atoms with van der Waals surface area (Å²) in [6.07, 6.45) is 0. The Morgan fingerprint density at radius 1 is 1.73 bits per heavy atom. The number of nitrogens with zero attached hydrogens (tertiary/aromatic N) is 1. The van der Waals surface area contributed by atoms with Crippen LogP contribution in [0.5, 0.6) is 0 Å². The summed E-state index contributed by atoms with van der Waals surface area (Å²) in [5.41, 5.74) is -0.241. The minimum atomic E-state index is -0.861. The second-order valence-electron chi connectivity index (χ2n) is 2.81. The Labute approximate surface area is 68.8 Å². The highest BCUT2D eigenvalue weighted by Crippen LogP contribution is 2.22. The van der Waals surface area contributed by atoms with Crippen LogP contribution in [0.2, 0.25) is 0 Å². The zero-order chi connectivity index (χ0) is 8.48. The Kier molecular flexibility index (Phi) is 1.95. The topological polar surface area (TPSA) is 50.2 Å².